The van der Waals surface area contributed by atoms with Gasteiger partial charge in [0.1, 0.15) is 12.3 Å². The van der Waals surface area contributed by atoms with Gasteiger partial charge in [0, 0.05) is 17.3 Å². The highest BCUT2D eigenvalue weighted by atomic mass is 16.5. The topological polar surface area (TPSA) is 94.2 Å². The molecule has 0 radical (unpaired) electrons. The number of Topliss-reactive ketones (excluding diaryl/α,β-unsaturated/α-hetero) is 1. The van der Waals surface area contributed by atoms with E-state index < -0.39 is 12.0 Å². The van der Waals surface area contributed by atoms with Gasteiger partial charge in [-0.2, -0.15) is 0 Å². The van der Waals surface area contributed by atoms with Crippen LogP contribution in [0, 0.1) is 0 Å². The first kappa shape index (κ1) is 20.2. The van der Waals surface area contributed by atoms with Gasteiger partial charge in [-0.1, -0.05) is 0 Å². The minimum Gasteiger partial charge on any atom is -0.493 e. The van der Waals surface area contributed by atoms with Crippen LogP contribution in [0.25, 0.3) is 0 Å². The molecule has 1 aliphatic heterocycles. The van der Waals surface area contributed by atoms with Gasteiger partial charge in [-0.15, -0.1) is 0 Å². The van der Waals surface area contributed by atoms with Gasteiger partial charge in [0.15, 0.2) is 23.4 Å². The van der Waals surface area contributed by atoms with Crippen molar-refractivity contribution < 1.29 is 28.6 Å². The van der Waals surface area contributed by atoms with Crippen LogP contribution in [0.2, 0.25) is 0 Å². The number of fused-ring (bicyclic) bond motifs is 1. The van der Waals surface area contributed by atoms with E-state index in [4.69, 9.17) is 14.2 Å². The maximum Gasteiger partial charge on any atom is 0.268 e. The highest BCUT2D eigenvalue weighted by Crippen LogP contribution is 2.35. The molecule has 1 aliphatic rings. The molecule has 0 aromatic heterocycles. The Balaban J connectivity index is 1.83. The number of amides is 2. The molecule has 1 heterocycles. The van der Waals surface area contributed by atoms with Crippen molar-refractivity contribution in [2.24, 2.45) is 0 Å². The Hall–Kier alpha value is -3.55. The van der Waals surface area contributed by atoms with Crippen LogP contribution in [0.3, 0.4) is 0 Å². The van der Waals surface area contributed by atoms with E-state index in [0.717, 1.165) is 0 Å². The number of benzene rings is 2. The number of rotatable bonds is 6. The van der Waals surface area contributed by atoms with Crippen LogP contribution in [0.1, 0.15) is 24.2 Å². The predicted molar refractivity (Wildman–Crippen MR) is 107 cm³/mol. The molecule has 8 heteroatoms. The fourth-order valence-corrected chi connectivity index (χ4v) is 3.05. The average Bonchev–Trinajstić information content (AvgIpc) is 2.70. The van der Waals surface area contributed by atoms with Gasteiger partial charge in [-0.3, -0.25) is 19.3 Å². The summed E-state index contributed by atoms with van der Waals surface area (Å²) in [7, 11) is 3.02. The first-order valence-corrected chi connectivity index (χ1v) is 8.99. The van der Waals surface area contributed by atoms with Crippen molar-refractivity contribution in [2.75, 3.05) is 31.0 Å². The molecule has 0 fully saturated rings. The number of nitrogens with zero attached hydrogens (tertiary/aromatic N) is 1. The van der Waals surface area contributed by atoms with Crippen LogP contribution in [-0.2, 0) is 9.59 Å². The summed E-state index contributed by atoms with van der Waals surface area (Å²) in [6.45, 7) is 2.82. The van der Waals surface area contributed by atoms with Gasteiger partial charge in [-0.05, 0) is 44.2 Å². The second kappa shape index (κ2) is 8.22. The first-order valence-electron chi connectivity index (χ1n) is 8.99. The molecule has 3 rings (SSSR count). The molecule has 0 saturated carbocycles. The Bertz CT molecular complexity index is 972. The zero-order chi connectivity index (χ0) is 21.1. The fraction of sp³-hybridized carbons (Fsp3) is 0.286. The molecular formula is C21H22N2O6. The normalized spacial score (nSPS) is 15.2. The summed E-state index contributed by atoms with van der Waals surface area (Å²) in [5.41, 5.74) is 1.32. The summed E-state index contributed by atoms with van der Waals surface area (Å²) in [5.74, 6) is 0.542. The van der Waals surface area contributed by atoms with Gasteiger partial charge in [0.05, 0.1) is 19.9 Å². The highest BCUT2D eigenvalue weighted by molar-refractivity contribution is 6.07. The van der Waals surface area contributed by atoms with Crippen molar-refractivity contribution in [1.82, 2.24) is 0 Å². The zero-order valence-electron chi connectivity index (χ0n) is 16.6. The summed E-state index contributed by atoms with van der Waals surface area (Å²) in [4.78, 5) is 38.3. The molecule has 1 N–H and O–H groups in total. The number of carbonyl (C=O) groups excluding carboxylic acids is 3. The van der Waals surface area contributed by atoms with Crippen LogP contribution < -0.4 is 24.4 Å². The SMILES string of the molecule is COc1ccc(NC(=O)CN2C(=O)C(C)Oc3ccc(C(C)=O)cc32)cc1OC. The summed E-state index contributed by atoms with van der Waals surface area (Å²) >= 11 is 0. The van der Waals surface area contributed by atoms with Gasteiger partial charge >= 0.3 is 0 Å². The van der Waals surface area contributed by atoms with Crippen molar-refractivity contribution >= 4 is 29.0 Å². The summed E-state index contributed by atoms with van der Waals surface area (Å²) in [6, 6.07) is 9.79. The molecule has 1 atom stereocenters. The third-order valence-corrected chi connectivity index (χ3v) is 4.54. The molecule has 0 spiro atoms. The van der Waals surface area contributed by atoms with E-state index >= 15 is 0 Å². The highest BCUT2D eigenvalue weighted by Gasteiger charge is 2.33. The molecular weight excluding hydrogens is 376 g/mol. The Kier molecular flexibility index (Phi) is 5.72. The zero-order valence-corrected chi connectivity index (χ0v) is 16.6. The number of ketones is 1. The minimum atomic E-state index is -0.737. The standard InChI is InChI=1S/C21H22N2O6/c1-12(24)14-5-7-17-16(9-14)23(21(26)13(2)29-17)11-20(25)22-15-6-8-18(27-3)19(10-15)28-4/h5-10,13H,11H2,1-4H3,(H,22,25). The summed E-state index contributed by atoms with van der Waals surface area (Å²) < 4.78 is 16.0. The first-order chi connectivity index (χ1) is 13.8. The average molecular weight is 398 g/mol. The molecule has 0 bridgehead atoms. The van der Waals surface area contributed by atoms with Crippen LogP contribution in [-0.4, -0.2) is 44.5 Å². The van der Waals surface area contributed by atoms with E-state index in [2.05, 4.69) is 5.32 Å². The molecule has 152 valence electrons. The lowest BCUT2D eigenvalue weighted by atomic mass is 10.1. The molecule has 2 aromatic rings. The van der Waals surface area contributed by atoms with Gasteiger partial charge in [-0.25, -0.2) is 0 Å². The minimum absolute atomic E-state index is 0.145. The van der Waals surface area contributed by atoms with Crippen LogP contribution >= 0.6 is 0 Å². The third-order valence-electron chi connectivity index (χ3n) is 4.54. The van der Waals surface area contributed by atoms with Crippen LogP contribution in [0.4, 0.5) is 11.4 Å². The Morgan fingerprint density at radius 3 is 2.48 bits per heavy atom. The number of methoxy groups -OCH3 is 2. The Morgan fingerprint density at radius 1 is 1.10 bits per heavy atom. The molecule has 8 nitrogen and oxygen atoms in total. The predicted octanol–water partition coefficient (Wildman–Crippen LogP) is 2.66. The third kappa shape index (κ3) is 4.16. The van der Waals surface area contributed by atoms with Gasteiger partial charge < -0.3 is 19.5 Å². The maximum absolute atomic E-state index is 12.6. The Labute approximate surface area is 168 Å². The lowest BCUT2D eigenvalue weighted by Crippen LogP contribution is -2.47. The number of anilines is 2. The van der Waals surface area contributed by atoms with Crippen LogP contribution in [0.5, 0.6) is 17.2 Å². The molecule has 0 aliphatic carbocycles. The molecule has 0 saturated heterocycles. The van der Waals surface area contributed by atoms with Crippen molar-refractivity contribution in [1.29, 1.82) is 0 Å². The van der Waals surface area contributed by atoms with E-state index in [1.165, 1.54) is 26.0 Å². The van der Waals surface area contributed by atoms with E-state index in [9.17, 15) is 14.4 Å². The van der Waals surface area contributed by atoms with Gasteiger partial charge in [0.2, 0.25) is 5.91 Å². The number of nitrogens with one attached hydrogen (secondary N) is 1. The molecule has 2 aromatic carbocycles. The van der Waals surface area contributed by atoms with Crippen molar-refractivity contribution in [2.45, 2.75) is 20.0 Å². The van der Waals surface area contributed by atoms with Crippen LogP contribution in [0.15, 0.2) is 36.4 Å². The second-order valence-electron chi connectivity index (χ2n) is 6.54. The number of hydrogen-bond donors (Lipinski definition) is 1. The smallest absolute Gasteiger partial charge is 0.268 e. The van der Waals surface area contributed by atoms with E-state index in [-0.39, 0.29) is 18.2 Å². The number of ether oxygens (including phenoxy) is 3. The lowest BCUT2D eigenvalue weighted by Gasteiger charge is -2.32. The quantitative estimate of drug-likeness (QED) is 0.752. The second-order valence-corrected chi connectivity index (χ2v) is 6.54. The number of carbonyl (C=O) groups is 3. The fourth-order valence-electron chi connectivity index (χ4n) is 3.05. The maximum atomic E-state index is 12.6. The lowest BCUT2D eigenvalue weighted by molar-refractivity contribution is -0.127. The number of hydrogen-bond acceptors (Lipinski definition) is 6. The van der Waals surface area contributed by atoms with Gasteiger partial charge in [0.25, 0.3) is 5.91 Å². The monoisotopic (exact) mass is 398 g/mol. The van der Waals surface area contributed by atoms with E-state index in [1.807, 2.05) is 0 Å². The van der Waals surface area contributed by atoms with Crippen molar-refractivity contribution in [3.05, 3.63) is 42.0 Å². The molecule has 1 unspecified atom stereocenters. The van der Waals surface area contributed by atoms with Crippen molar-refractivity contribution in [3.63, 3.8) is 0 Å². The molecule has 2 amide bonds. The summed E-state index contributed by atoms with van der Waals surface area (Å²) in [6.07, 6.45) is -0.737. The Morgan fingerprint density at radius 2 is 1.83 bits per heavy atom. The molecule has 29 heavy (non-hydrogen) atoms. The van der Waals surface area contributed by atoms with E-state index in [1.54, 1.807) is 43.3 Å². The summed E-state index contributed by atoms with van der Waals surface area (Å²) in [5, 5.41) is 2.74. The largest absolute Gasteiger partial charge is 0.493 e. The van der Waals surface area contributed by atoms with Crippen molar-refractivity contribution in [3.8, 4) is 17.2 Å². The van der Waals surface area contributed by atoms with E-state index in [0.29, 0.717) is 34.2 Å².